The molecule has 2 N–H and O–H groups in total. The first-order chi connectivity index (χ1) is 8.94. The molecular formula is C14H19F3N2. The third-order valence-corrected chi connectivity index (χ3v) is 3.30. The van der Waals surface area contributed by atoms with E-state index >= 15 is 0 Å². The molecule has 5 heteroatoms. The molecule has 1 aliphatic heterocycles. The first-order valence-electron chi connectivity index (χ1n) is 6.60. The Balaban J connectivity index is 1.89. The number of halogens is 3. The quantitative estimate of drug-likeness (QED) is 0.877. The van der Waals surface area contributed by atoms with E-state index in [1.54, 1.807) is 6.92 Å². The Morgan fingerprint density at radius 1 is 1.37 bits per heavy atom. The molecule has 2 nitrogen and oxygen atoms in total. The Kier molecular flexibility index (Phi) is 4.34. The highest BCUT2D eigenvalue weighted by atomic mass is 19.4. The van der Waals surface area contributed by atoms with Gasteiger partial charge in [0, 0.05) is 24.8 Å². The van der Waals surface area contributed by atoms with Crippen molar-refractivity contribution in [1.29, 1.82) is 0 Å². The second-order valence-corrected chi connectivity index (χ2v) is 5.12. The molecule has 1 aliphatic rings. The third kappa shape index (κ3) is 4.42. The number of benzene rings is 1. The molecule has 1 unspecified atom stereocenters. The van der Waals surface area contributed by atoms with Crippen molar-refractivity contribution in [3.8, 4) is 0 Å². The van der Waals surface area contributed by atoms with Crippen LogP contribution >= 0.6 is 0 Å². The number of hydrogen-bond acceptors (Lipinski definition) is 2. The molecule has 0 spiro atoms. The Morgan fingerprint density at radius 3 is 2.89 bits per heavy atom. The lowest BCUT2D eigenvalue weighted by Gasteiger charge is -2.20. The van der Waals surface area contributed by atoms with Crippen LogP contribution in [0.3, 0.4) is 0 Å². The highest BCUT2D eigenvalue weighted by molar-refractivity contribution is 5.54. The van der Waals surface area contributed by atoms with Crippen molar-refractivity contribution in [1.82, 2.24) is 5.32 Å². The Hall–Kier alpha value is -1.23. The highest BCUT2D eigenvalue weighted by Gasteiger charge is 2.29. The average Bonchev–Trinajstić information content (AvgIpc) is 2.34. The normalized spacial score (nSPS) is 16.6. The molecule has 19 heavy (non-hydrogen) atoms. The van der Waals surface area contributed by atoms with E-state index in [0.29, 0.717) is 6.54 Å². The van der Waals surface area contributed by atoms with Gasteiger partial charge < -0.3 is 10.6 Å². The maximum absolute atomic E-state index is 12.2. The SMILES string of the molecule is CC(CC(F)(F)F)NCc1ccc2c(c1)CCCN2. The number of alkyl halides is 3. The summed E-state index contributed by atoms with van der Waals surface area (Å²) in [7, 11) is 0. The lowest BCUT2D eigenvalue weighted by Crippen LogP contribution is -2.30. The summed E-state index contributed by atoms with van der Waals surface area (Å²) in [5.41, 5.74) is 3.45. The highest BCUT2D eigenvalue weighted by Crippen LogP contribution is 2.24. The molecule has 0 radical (unpaired) electrons. The van der Waals surface area contributed by atoms with Gasteiger partial charge in [0.1, 0.15) is 0 Å². The van der Waals surface area contributed by atoms with Crippen LogP contribution < -0.4 is 10.6 Å². The van der Waals surface area contributed by atoms with Gasteiger partial charge in [-0.2, -0.15) is 13.2 Å². The van der Waals surface area contributed by atoms with E-state index in [2.05, 4.69) is 16.7 Å². The van der Waals surface area contributed by atoms with Crippen LogP contribution in [0.5, 0.6) is 0 Å². The van der Waals surface area contributed by atoms with Crippen molar-refractivity contribution in [3.05, 3.63) is 29.3 Å². The van der Waals surface area contributed by atoms with E-state index in [-0.39, 0.29) is 0 Å². The van der Waals surface area contributed by atoms with Crippen LogP contribution in [0.2, 0.25) is 0 Å². The fraction of sp³-hybridized carbons (Fsp3) is 0.571. The predicted octanol–water partition coefficient (Wildman–Crippen LogP) is 3.48. The molecule has 1 atom stereocenters. The maximum Gasteiger partial charge on any atom is 0.390 e. The molecule has 0 amide bonds. The van der Waals surface area contributed by atoms with Crippen molar-refractivity contribution in [2.45, 2.75) is 44.9 Å². The van der Waals surface area contributed by atoms with Gasteiger partial charge in [-0.05, 0) is 37.0 Å². The summed E-state index contributed by atoms with van der Waals surface area (Å²) in [6.07, 6.45) is -2.76. The van der Waals surface area contributed by atoms with Gasteiger partial charge in [-0.1, -0.05) is 12.1 Å². The summed E-state index contributed by atoms with van der Waals surface area (Å²) >= 11 is 0. The van der Waals surface area contributed by atoms with Crippen LogP contribution in [0.1, 0.15) is 30.9 Å². The van der Waals surface area contributed by atoms with Gasteiger partial charge in [-0.3, -0.25) is 0 Å². The number of aryl methyl sites for hydroxylation is 1. The molecule has 0 aliphatic carbocycles. The van der Waals surface area contributed by atoms with Crippen molar-refractivity contribution in [2.24, 2.45) is 0 Å². The fourth-order valence-electron chi connectivity index (χ4n) is 2.35. The second kappa shape index (κ2) is 5.82. The fourth-order valence-corrected chi connectivity index (χ4v) is 2.35. The molecule has 1 aromatic carbocycles. The summed E-state index contributed by atoms with van der Waals surface area (Å²) in [5.74, 6) is 0. The number of fused-ring (bicyclic) bond motifs is 1. The number of nitrogens with one attached hydrogen (secondary N) is 2. The first kappa shape index (κ1) is 14.2. The predicted molar refractivity (Wildman–Crippen MR) is 70.2 cm³/mol. The van der Waals surface area contributed by atoms with Gasteiger partial charge in [0.15, 0.2) is 0 Å². The molecule has 0 saturated heterocycles. The number of rotatable bonds is 4. The van der Waals surface area contributed by atoms with Crippen molar-refractivity contribution < 1.29 is 13.2 Å². The van der Waals surface area contributed by atoms with Gasteiger partial charge in [0.25, 0.3) is 0 Å². The Morgan fingerprint density at radius 2 is 2.16 bits per heavy atom. The first-order valence-corrected chi connectivity index (χ1v) is 6.60. The molecule has 2 rings (SSSR count). The summed E-state index contributed by atoms with van der Waals surface area (Å²) in [4.78, 5) is 0. The molecule has 1 heterocycles. The van der Waals surface area contributed by atoms with Crippen LogP contribution in [-0.2, 0) is 13.0 Å². The van der Waals surface area contributed by atoms with E-state index in [9.17, 15) is 13.2 Å². The lowest BCUT2D eigenvalue weighted by atomic mass is 10.0. The van der Waals surface area contributed by atoms with E-state index in [1.807, 2.05) is 12.1 Å². The molecule has 0 aromatic heterocycles. The monoisotopic (exact) mass is 272 g/mol. The van der Waals surface area contributed by atoms with E-state index in [4.69, 9.17) is 0 Å². The van der Waals surface area contributed by atoms with E-state index in [0.717, 1.165) is 30.6 Å². The minimum Gasteiger partial charge on any atom is -0.385 e. The lowest BCUT2D eigenvalue weighted by molar-refractivity contribution is -0.139. The van der Waals surface area contributed by atoms with E-state index in [1.165, 1.54) is 5.56 Å². The average molecular weight is 272 g/mol. The zero-order valence-corrected chi connectivity index (χ0v) is 11.0. The molecule has 0 fully saturated rings. The van der Waals surface area contributed by atoms with Crippen LogP contribution in [0, 0.1) is 0 Å². The summed E-state index contributed by atoms with van der Waals surface area (Å²) in [6, 6.07) is 5.49. The van der Waals surface area contributed by atoms with Gasteiger partial charge in [0.05, 0.1) is 6.42 Å². The van der Waals surface area contributed by atoms with Crippen molar-refractivity contribution in [2.75, 3.05) is 11.9 Å². The molecule has 106 valence electrons. The van der Waals surface area contributed by atoms with Crippen LogP contribution in [0.25, 0.3) is 0 Å². The molecule has 0 bridgehead atoms. The second-order valence-electron chi connectivity index (χ2n) is 5.12. The third-order valence-electron chi connectivity index (χ3n) is 3.30. The van der Waals surface area contributed by atoms with E-state index < -0.39 is 18.6 Å². The topological polar surface area (TPSA) is 24.1 Å². The minimum atomic E-state index is -4.10. The molecule has 0 saturated carbocycles. The van der Waals surface area contributed by atoms with Gasteiger partial charge in [-0.25, -0.2) is 0 Å². The largest absolute Gasteiger partial charge is 0.390 e. The van der Waals surface area contributed by atoms with Gasteiger partial charge in [0.2, 0.25) is 0 Å². The Labute approximate surface area is 111 Å². The smallest absolute Gasteiger partial charge is 0.385 e. The molecular weight excluding hydrogens is 253 g/mol. The zero-order chi connectivity index (χ0) is 13.9. The van der Waals surface area contributed by atoms with Crippen LogP contribution in [-0.4, -0.2) is 18.8 Å². The van der Waals surface area contributed by atoms with Gasteiger partial charge >= 0.3 is 6.18 Å². The van der Waals surface area contributed by atoms with Gasteiger partial charge in [-0.15, -0.1) is 0 Å². The maximum atomic E-state index is 12.2. The standard InChI is InChI=1S/C14H19F3N2/c1-10(8-14(15,16)17)19-9-11-4-5-13-12(7-11)3-2-6-18-13/h4-5,7,10,18-19H,2-3,6,8-9H2,1H3. The van der Waals surface area contributed by atoms with Crippen LogP contribution in [0.4, 0.5) is 18.9 Å². The van der Waals surface area contributed by atoms with Crippen molar-refractivity contribution >= 4 is 5.69 Å². The van der Waals surface area contributed by atoms with Crippen LogP contribution in [0.15, 0.2) is 18.2 Å². The summed E-state index contributed by atoms with van der Waals surface area (Å²) in [5, 5.41) is 6.24. The summed E-state index contributed by atoms with van der Waals surface area (Å²) < 4.78 is 36.6. The molecule has 1 aromatic rings. The van der Waals surface area contributed by atoms with Crippen molar-refractivity contribution in [3.63, 3.8) is 0 Å². The Bertz CT molecular complexity index is 429. The number of hydrogen-bond donors (Lipinski definition) is 2. The minimum absolute atomic E-state index is 0.477. The summed E-state index contributed by atoms with van der Waals surface area (Å²) in [6.45, 7) is 3.03. The number of anilines is 1. The zero-order valence-electron chi connectivity index (χ0n) is 11.0.